The lowest BCUT2D eigenvalue weighted by Gasteiger charge is -2.27. The van der Waals surface area contributed by atoms with Crippen LogP contribution in [0.4, 0.5) is 0 Å². The Morgan fingerprint density at radius 1 is 1.17 bits per heavy atom. The molecule has 1 spiro atoms. The van der Waals surface area contributed by atoms with E-state index in [4.69, 9.17) is 0 Å². The quantitative estimate of drug-likeness (QED) is 0.537. The molecule has 0 bridgehead atoms. The minimum absolute atomic E-state index is 0.256. The van der Waals surface area contributed by atoms with E-state index >= 15 is 0 Å². The topological polar surface area (TPSA) is 41.1 Å². The molecule has 0 radical (unpaired) electrons. The maximum absolute atomic E-state index is 11.2. The molecule has 12 heavy (non-hydrogen) atoms. The molecular weight excluding hydrogens is 152 g/mol. The first-order valence-corrected chi connectivity index (χ1v) is 4.78. The monoisotopic (exact) mass is 168 g/mol. The van der Waals surface area contributed by atoms with Crippen LogP contribution >= 0.6 is 0 Å². The zero-order valence-electron chi connectivity index (χ0n) is 7.36. The first-order chi connectivity index (χ1) is 5.81. The molecular formula is C9H16N2O. The van der Waals surface area contributed by atoms with Crippen LogP contribution in [-0.4, -0.2) is 31.0 Å². The highest BCUT2D eigenvalue weighted by atomic mass is 16.1. The van der Waals surface area contributed by atoms with E-state index < -0.39 is 0 Å². The van der Waals surface area contributed by atoms with Crippen molar-refractivity contribution in [3.8, 4) is 0 Å². The summed E-state index contributed by atoms with van der Waals surface area (Å²) in [5.41, 5.74) is 0.256. The first-order valence-electron chi connectivity index (χ1n) is 4.78. The normalized spacial score (nSPS) is 37.2. The number of Topliss-reactive ketones (excluding diaryl/α,β-unsaturated/α-hetero) is 1. The van der Waals surface area contributed by atoms with Crippen molar-refractivity contribution in [1.29, 1.82) is 0 Å². The molecule has 2 aliphatic rings. The van der Waals surface area contributed by atoms with Gasteiger partial charge in [-0.05, 0) is 19.4 Å². The lowest BCUT2D eigenvalue weighted by Crippen LogP contribution is -2.46. The summed E-state index contributed by atoms with van der Waals surface area (Å²) in [6.45, 7) is 3.02. The Balaban J connectivity index is 2.01. The van der Waals surface area contributed by atoms with Crippen molar-refractivity contribution in [3.63, 3.8) is 0 Å². The second kappa shape index (κ2) is 3.15. The van der Waals surface area contributed by atoms with Crippen LogP contribution in [0.25, 0.3) is 0 Å². The Kier molecular flexibility index (Phi) is 2.15. The molecule has 2 aliphatic heterocycles. The summed E-state index contributed by atoms with van der Waals surface area (Å²) in [4.78, 5) is 11.2. The van der Waals surface area contributed by atoms with Crippen molar-refractivity contribution < 1.29 is 4.79 Å². The van der Waals surface area contributed by atoms with Crippen LogP contribution in [0.5, 0.6) is 0 Å². The summed E-state index contributed by atoms with van der Waals surface area (Å²) < 4.78 is 0. The molecule has 2 fully saturated rings. The van der Waals surface area contributed by atoms with Crippen molar-refractivity contribution in [2.24, 2.45) is 0 Å². The van der Waals surface area contributed by atoms with Crippen LogP contribution < -0.4 is 10.6 Å². The highest BCUT2D eigenvalue weighted by Gasteiger charge is 2.34. The number of hydrogen-bond donors (Lipinski definition) is 2. The number of carbonyl (C=O) groups excluding carboxylic acids is 1. The van der Waals surface area contributed by atoms with E-state index in [1.54, 1.807) is 0 Å². The fraction of sp³-hybridized carbons (Fsp3) is 0.889. The van der Waals surface area contributed by atoms with Crippen LogP contribution in [0, 0.1) is 0 Å². The van der Waals surface area contributed by atoms with Crippen molar-refractivity contribution in [2.45, 2.75) is 31.2 Å². The van der Waals surface area contributed by atoms with Gasteiger partial charge >= 0.3 is 0 Å². The third kappa shape index (κ3) is 1.52. The SMILES string of the molecule is O=C1CCNC2(CCNC2)CC1. The molecule has 2 saturated heterocycles. The fourth-order valence-corrected chi connectivity index (χ4v) is 2.17. The fourth-order valence-electron chi connectivity index (χ4n) is 2.17. The Bertz CT molecular complexity index is 185. The van der Waals surface area contributed by atoms with Crippen LogP contribution in [0.2, 0.25) is 0 Å². The minimum Gasteiger partial charge on any atom is -0.315 e. The van der Waals surface area contributed by atoms with Gasteiger partial charge < -0.3 is 10.6 Å². The molecule has 1 unspecified atom stereocenters. The minimum atomic E-state index is 0.256. The molecule has 0 aromatic carbocycles. The number of rotatable bonds is 0. The Morgan fingerprint density at radius 2 is 2.08 bits per heavy atom. The van der Waals surface area contributed by atoms with Gasteiger partial charge in [-0.15, -0.1) is 0 Å². The molecule has 0 aromatic heterocycles. The molecule has 0 aliphatic carbocycles. The molecule has 2 N–H and O–H groups in total. The van der Waals surface area contributed by atoms with E-state index in [-0.39, 0.29) is 5.54 Å². The van der Waals surface area contributed by atoms with Crippen LogP contribution in [0.15, 0.2) is 0 Å². The van der Waals surface area contributed by atoms with Gasteiger partial charge in [-0.2, -0.15) is 0 Å². The summed E-state index contributed by atoms with van der Waals surface area (Å²) in [6, 6.07) is 0. The summed E-state index contributed by atoms with van der Waals surface area (Å²) in [6.07, 6.45) is 3.70. The molecule has 68 valence electrons. The van der Waals surface area contributed by atoms with Crippen LogP contribution in [0.1, 0.15) is 25.7 Å². The second-order valence-electron chi connectivity index (χ2n) is 3.92. The predicted octanol–water partition coefficient (Wildman–Crippen LogP) is 0.0611. The highest BCUT2D eigenvalue weighted by Crippen LogP contribution is 2.23. The van der Waals surface area contributed by atoms with E-state index in [2.05, 4.69) is 10.6 Å². The number of nitrogens with one attached hydrogen (secondary N) is 2. The van der Waals surface area contributed by atoms with Crippen molar-refractivity contribution in [2.75, 3.05) is 19.6 Å². The van der Waals surface area contributed by atoms with Gasteiger partial charge in [0, 0.05) is 31.5 Å². The molecule has 3 heteroatoms. The Labute approximate surface area is 72.9 Å². The average Bonchev–Trinajstić information content (AvgIpc) is 2.42. The second-order valence-corrected chi connectivity index (χ2v) is 3.92. The lowest BCUT2D eigenvalue weighted by atomic mass is 9.93. The Morgan fingerprint density at radius 3 is 2.83 bits per heavy atom. The summed E-state index contributed by atoms with van der Waals surface area (Å²) in [5.74, 6) is 0.422. The maximum atomic E-state index is 11.2. The molecule has 3 nitrogen and oxygen atoms in total. The molecule has 2 rings (SSSR count). The van der Waals surface area contributed by atoms with E-state index in [0.717, 1.165) is 38.9 Å². The number of hydrogen-bond acceptors (Lipinski definition) is 3. The van der Waals surface area contributed by atoms with Gasteiger partial charge in [-0.25, -0.2) is 0 Å². The van der Waals surface area contributed by atoms with Gasteiger partial charge in [0.2, 0.25) is 0 Å². The molecule has 0 aromatic rings. The van der Waals surface area contributed by atoms with E-state index in [1.807, 2.05) is 0 Å². The standard InChI is InChI=1S/C9H16N2O/c12-8-1-3-9(11-5-2-8)4-6-10-7-9/h10-11H,1-7H2. The molecule has 1 atom stereocenters. The third-order valence-corrected chi connectivity index (χ3v) is 3.03. The zero-order chi connectivity index (χ0) is 8.44. The molecule has 0 saturated carbocycles. The zero-order valence-corrected chi connectivity index (χ0v) is 7.36. The molecule has 2 heterocycles. The summed E-state index contributed by atoms with van der Waals surface area (Å²) >= 11 is 0. The predicted molar refractivity (Wildman–Crippen MR) is 47.1 cm³/mol. The van der Waals surface area contributed by atoms with Crippen molar-refractivity contribution in [1.82, 2.24) is 10.6 Å². The maximum Gasteiger partial charge on any atom is 0.134 e. The summed E-state index contributed by atoms with van der Waals surface area (Å²) in [7, 11) is 0. The van der Waals surface area contributed by atoms with Gasteiger partial charge in [0.15, 0.2) is 0 Å². The lowest BCUT2D eigenvalue weighted by molar-refractivity contribution is -0.118. The summed E-state index contributed by atoms with van der Waals surface area (Å²) in [5, 5.41) is 6.86. The smallest absolute Gasteiger partial charge is 0.134 e. The van der Waals surface area contributed by atoms with E-state index in [1.165, 1.54) is 6.42 Å². The third-order valence-electron chi connectivity index (χ3n) is 3.03. The van der Waals surface area contributed by atoms with Crippen molar-refractivity contribution >= 4 is 5.78 Å². The van der Waals surface area contributed by atoms with Gasteiger partial charge in [-0.1, -0.05) is 0 Å². The van der Waals surface area contributed by atoms with E-state index in [9.17, 15) is 4.79 Å². The number of ketones is 1. The average molecular weight is 168 g/mol. The van der Waals surface area contributed by atoms with Gasteiger partial charge in [0.25, 0.3) is 0 Å². The van der Waals surface area contributed by atoms with E-state index in [0.29, 0.717) is 5.78 Å². The Hall–Kier alpha value is -0.410. The largest absolute Gasteiger partial charge is 0.315 e. The van der Waals surface area contributed by atoms with Gasteiger partial charge in [0.05, 0.1) is 0 Å². The molecule has 0 amide bonds. The highest BCUT2D eigenvalue weighted by molar-refractivity contribution is 5.79. The first kappa shape index (κ1) is 8.20. The number of carbonyl (C=O) groups is 1. The van der Waals surface area contributed by atoms with Gasteiger partial charge in [0.1, 0.15) is 5.78 Å². The van der Waals surface area contributed by atoms with Crippen LogP contribution in [-0.2, 0) is 4.79 Å². The van der Waals surface area contributed by atoms with Crippen molar-refractivity contribution in [3.05, 3.63) is 0 Å². The van der Waals surface area contributed by atoms with Crippen LogP contribution in [0.3, 0.4) is 0 Å². The van der Waals surface area contributed by atoms with Gasteiger partial charge in [-0.3, -0.25) is 4.79 Å².